The lowest BCUT2D eigenvalue weighted by Gasteiger charge is -2.33. The van der Waals surface area contributed by atoms with E-state index >= 15 is 0 Å². The van der Waals surface area contributed by atoms with E-state index in [0.717, 1.165) is 18.2 Å². The maximum absolute atomic E-state index is 11.7. The fourth-order valence-electron chi connectivity index (χ4n) is 1.86. The van der Waals surface area contributed by atoms with Gasteiger partial charge in [-0.05, 0) is 18.2 Å². The Kier molecular flexibility index (Phi) is 14.2. The first kappa shape index (κ1) is 27.5. The Bertz CT molecular complexity index is 417. The smallest absolute Gasteiger partial charge is 0.367 e. The lowest BCUT2D eigenvalue weighted by Crippen LogP contribution is -2.59. The largest absolute Gasteiger partial charge is 0.455 e. The minimum Gasteiger partial charge on any atom is -0.455 e. The summed E-state index contributed by atoms with van der Waals surface area (Å²) in [5.74, 6) is -0.390. The number of aliphatic hydroxyl groups is 6. The number of ether oxygens (including phenoxy) is 2. The van der Waals surface area contributed by atoms with Crippen LogP contribution < -0.4 is 5.32 Å². The summed E-state index contributed by atoms with van der Waals surface area (Å²) < 4.78 is 10.0. The van der Waals surface area contributed by atoms with Crippen LogP contribution in [0, 0.1) is 11.8 Å². The molecular weight excluding hydrogens is 394 g/mol. The van der Waals surface area contributed by atoms with Crippen molar-refractivity contribution in [2.75, 3.05) is 38.8 Å². The highest BCUT2D eigenvalue weighted by Crippen LogP contribution is 2.16. The van der Waals surface area contributed by atoms with Crippen LogP contribution in [0.25, 0.3) is 0 Å². The summed E-state index contributed by atoms with van der Waals surface area (Å²) in [6.07, 6.45) is -2.54. The first-order chi connectivity index (χ1) is 13.1. The number of aliphatic hydroxyl groups excluding tert-OH is 6. The Morgan fingerprint density at radius 3 is 2.11 bits per heavy atom. The van der Waals surface area contributed by atoms with E-state index < -0.39 is 55.2 Å². The maximum Gasteiger partial charge on any atom is 0.367 e. The molecule has 5 atom stereocenters. The third-order valence-electron chi connectivity index (χ3n) is 4.35. The highest BCUT2D eigenvalue weighted by molar-refractivity contribution is 8.13. The van der Waals surface area contributed by atoms with Gasteiger partial charge >= 0.3 is 5.30 Å². The highest BCUT2D eigenvalue weighted by Gasteiger charge is 2.32. The van der Waals surface area contributed by atoms with Gasteiger partial charge in [0.1, 0.15) is 18.9 Å². The fraction of sp³-hybridized carbons (Fsp3) is 0.941. The topological polar surface area (TPSA) is 169 Å². The maximum atomic E-state index is 11.7. The van der Waals surface area contributed by atoms with E-state index in [1.807, 2.05) is 13.8 Å². The third kappa shape index (κ3) is 10.3. The summed E-state index contributed by atoms with van der Waals surface area (Å²) in [7, 11) is 0. The average Bonchev–Trinajstić information content (AvgIpc) is 2.71. The van der Waals surface area contributed by atoms with Gasteiger partial charge in [0, 0.05) is 17.6 Å². The van der Waals surface area contributed by atoms with E-state index in [4.69, 9.17) is 9.47 Å². The highest BCUT2D eigenvalue weighted by atomic mass is 32.2. The van der Waals surface area contributed by atoms with Crippen molar-refractivity contribution in [1.29, 1.82) is 0 Å². The van der Waals surface area contributed by atoms with E-state index in [0.29, 0.717) is 0 Å². The molecule has 0 heterocycles. The molecule has 0 aromatic heterocycles. The van der Waals surface area contributed by atoms with Crippen LogP contribution in [0.4, 0.5) is 4.79 Å². The summed E-state index contributed by atoms with van der Waals surface area (Å²) >= 11 is 0.787. The molecule has 0 rings (SSSR count). The van der Waals surface area contributed by atoms with Crippen LogP contribution >= 0.6 is 11.8 Å². The quantitative estimate of drug-likeness (QED) is 0.124. The fourth-order valence-corrected chi connectivity index (χ4v) is 2.60. The molecule has 0 spiro atoms. The Morgan fingerprint density at radius 2 is 1.61 bits per heavy atom. The van der Waals surface area contributed by atoms with Crippen molar-refractivity contribution in [3.63, 3.8) is 0 Å². The van der Waals surface area contributed by atoms with Crippen molar-refractivity contribution in [2.45, 2.75) is 51.4 Å². The molecule has 0 aromatic carbocycles. The van der Waals surface area contributed by atoms with Crippen molar-refractivity contribution in [1.82, 2.24) is 5.32 Å². The molecule has 10 nitrogen and oxygen atoms in total. The van der Waals surface area contributed by atoms with Crippen molar-refractivity contribution < 1.29 is 44.9 Å². The first-order valence-corrected chi connectivity index (χ1v) is 10.2. The van der Waals surface area contributed by atoms with Crippen molar-refractivity contribution >= 4 is 17.1 Å². The standard InChI is InChI=1S/C17H35NO9S/c1-4-11(2)15(24)26-5-13(22)6-27-16(25)28-7-12(3)14(23)18-17(8-19,9-20)10-21/h11-15,18-24H,4-10H2,1-3H3. The number of hydrogen-bond donors (Lipinski definition) is 7. The van der Waals surface area contributed by atoms with Gasteiger partial charge < -0.3 is 40.1 Å². The van der Waals surface area contributed by atoms with Crippen LogP contribution in [0.3, 0.4) is 0 Å². The monoisotopic (exact) mass is 429 g/mol. The second kappa shape index (κ2) is 14.5. The van der Waals surface area contributed by atoms with E-state index in [-0.39, 0.29) is 24.9 Å². The van der Waals surface area contributed by atoms with Gasteiger partial charge in [0.2, 0.25) is 0 Å². The number of hydrogen-bond acceptors (Lipinski definition) is 11. The van der Waals surface area contributed by atoms with Gasteiger partial charge in [0.25, 0.3) is 0 Å². The Balaban J connectivity index is 4.16. The molecule has 28 heavy (non-hydrogen) atoms. The van der Waals surface area contributed by atoms with Crippen LogP contribution in [0.5, 0.6) is 0 Å². The molecule has 0 aliphatic heterocycles. The van der Waals surface area contributed by atoms with Crippen LogP contribution in [-0.4, -0.2) is 98.9 Å². The molecule has 0 saturated carbocycles. The minimum atomic E-state index is -1.43. The molecule has 0 amide bonds. The van der Waals surface area contributed by atoms with Gasteiger partial charge in [-0.3, -0.25) is 5.32 Å². The Morgan fingerprint density at radius 1 is 1.04 bits per heavy atom. The SMILES string of the molecule is CCC(C)C(O)OCC(O)COC(=O)SCC(C)C(O)NC(CO)(CO)CO. The van der Waals surface area contributed by atoms with Gasteiger partial charge in [-0.2, -0.15) is 0 Å². The molecule has 0 aliphatic rings. The van der Waals surface area contributed by atoms with Crippen LogP contribution in [0.1, 0.15) is 27.2 Å². The lowest BCUT2D eigenvalue weighted by atomic mass is 10.0. The van der Waals surface area contributed by atoms with E-state index in [1.54, 1.807) is 6.92 Å². The predicted molar refractivity (Wildman–Crippen MR) is 104 cm³/mol. The zero-order chi connectivity index (χ0) is 21.7. The predicted octanol–water partition coefficient (Wildman–Crippen LogP) is -1.14. The molecule has 0 bridgehead atoms. The number of carbonyl (C=O) groups is 1. The van der Waals surface area contributed by atoms with Crippen LogP contribution in [-0.2, 0) is 9.47 Å². The zero-order valence-corrected chi connectivity index (χ0v) is 17.5. The molecular formula is C17H35NO9S. The molecule has 0 aliphatic carbocycles. The summed E-state index contributed by atoms with van der Waals surface area (Å²) in [5.41, 5.74) is -1.43. The number of carbonyl (C=O) groups excluding carboxylic acids is 1. The normalized spacial score (nSPS) is 17.6. The van der Waals surface area contributed by atoms with E-state index in [2.05, 4.69) is 5.32 Å². The van der Waals surface area contributed by atoms with Crippen LogP contribution in [0.2, 0.25) is 0 Å². The number of thioether (sulfide) groups is 1. The van der Waals surface area contributed by atoms with Gasteiger partial charge in [0.05, 0.1) is 32.0 Å². The molecule has 7 N–H and O–H groups in total. The van der Waals surface area contributed by atoms with Crippen molar-refractivity contribution in [3.8, 4) is 0 Å². The van der Waals surface area contributed by atoms with Crippen LogP contribution in [0.15, 0.2) is 0 Å². The van der Waals surface area contributed by atoms with E-state index in [9.17, 15) is 35.4 Å². The molecule has 0 saturated heterocycles. The third-order valence-corrected chi connectivity index (χ3v) is 5.39. The van der Waals surface area contributed by atoms with Gasteiger partial charge in [-0.25, -0.2) is 4.79 Å². The van der Waals surface area contributed by atoms with Gasteiger partial charge in [0.15, 0.2) is 6.29 Å². The molecule has 0 fully saturated rings. The summed E-state index contributed by atoms with van der Waals surface area (Å²) in [6, 6.07) is 0. The second-order valence-corrected chi connectivity index (χ2v) is 7.91. The second-order valence-electron chi connectivity index (χ2n) is 6.96. The molecule has 0 aromatic rings. The average molecular weight is 430 g/mol. The number of rotatable bonds is 15. The lowest BCUT2D eigenvalue weighted by molar-refractivity contribution is -0.151. The first-order valence-electron chi connectivity index (χ1n) is 9.20. The van der Waals surface area contributed by atoms with E-state index in [1.165, 1.54) is 0 Å². The molecule has 11 heteroatoms. The Hall–Kier alpha value is -0.500. The number of nitrogens with one attached hydrogen (secondary N) is 1. The van der Waals surface area contributed by atoms with Gasteiger partial charge in [-0.15, -0.1) is 0 Å². The summed E-state index contributed by atoms with van der Waals surface area (Å²) in [5, 5.41) is 59.1. The minimum absolute atomic E-state index is 0.0759. The molecule has 0 radical (unpaired) electrons. The summed E-state index contributed by atoms with van der Waals surface area (Å²) in [4.78, 5) is 11.7. The molecule has 168 valence electrons. The van der Waals surface area contributed by atoms with Crippen molar-refractivity contribution in [3.05, 3.63) is 0 Å². The summed E-state index contributed by atoms with van der Waals surface area (Å²) in [6.45, 7) is 3.14. The van der Waals surface area contributed by atoms with Gasteiger partial charge in [-0.1, -0.05) is 20.8 Å². The molecule has 5 unspecified atom stereocenters. The zero-order valence-electron chi connectivity index (χ0n) is 16.7. The van der Waals surface area contributed by atoms with Crippen molar-refractivity contribution in [2.24, 2.45) is 11.8 Å². The Labute approximate surface area is 169 Å².